The minimum Gasteiger partial charge on any atom is -0.314 e. The average Bonchev–Trinajstić information content (AvgIpc) is 3.19. The van der Waals surface area contributed by atoms with Crippen molar-refractivity contribution in [1.29, 1.82) is 0 Å². The molecule has 0 aliphatic heterocycles. The van der Waals surface area contributed by atoms with E-state index in [0.29, 0.717) is 0 Å². The van der Waals surface area contributed by atoms with Crippen molar-refractivity contribution >= 4 is 0 Å². The maximum Gasteiger partial charge on any atom is 0.0110 e. The summed E-state index contributed by atoms with van der Waals surface area (Å²) in [4.78, 5) is 2.68. The molecule has 3 unspecified atom stereocenters. The molecule has 2 fully saturated rings. The molecule has 0 radical (unpaired) electrons. The summed E-state index contributed by atoms with van der Waals surface area (Å²) < 4.78 is 0. The van der Waals surface area contributed by atoms with Crippen LogP contribution in [0.5, 0.6) is 0 Å². The van der Waals surface area contributed by atoms with Crippen LogP contribution in [0, 0.1) is 5.92 Å². The van der Waals surface area contributed by atoms with E-state index in [2.05, 4.69) is 31.1 Å². The second kappa shape index (κ2) is 6.19. The minimum absolute atomic E-state index is 0.780. The predicted molar refractivity (Wildman–Crippen MR) is 74.3 cm³/mol. The molecule has 0 saturated heterocycles. The maximum atomic E-state index is 3.71. The molecule has 0 bridgehead atoms. The number of rotatable bonds is 6. The standard InChI is InChI=1S/C15H30N2/c1-4-10-16-14-6-5-7-15(11-14)17(3)12(2)13-8-9-13/h12-16H,4-11H2,1-3H3. The molecule has 0 heterocycles. The van der Waals surface area contributed by atoms with Gasteiger partial charge >= 0.3 is 0 Å². The highest BCUT2D eigenvalue weighted by molar-refractivity contribution is 4.90. The van der Waals surface area contributed by atoms with Crippen LogP contribution in [0.25, 0.3) is 0 Å². The third-order valence-corrected chi connectivity index (χ3v) is 4.85. The topological polar surface area (TPSA) is 15.3 Å². The Kier molecular flexibility index (Phi) is 4.87. The third-order valence-electron chi connectivity index (χ3n) is 4.85. The molecule has 1 N–H and O–H groups in total. The van der Waals surface area contributed by atoms with Crippen LogP contribution in [0.15, 0.2) is 0 Å². The van der Waals surface area contributed by atoms with E-state index in [-0.39, 0.29) is 0 Å². The Morgan fingerprint density at radius 2 is 2.00 bits per heavy atom. The van der Waals surface area contributed by atoms with Crippen molar-refractivity contribution in [3.05, 3.63) is 0 Å². The van der Waals surface area contributed by atoms with Crippen molar-refractivity contribution in [1.82, 2.24) is 10.2 Å². The molecule has 2 aliphatic carbocycles. The highest BCUT2D eigenvalue weighted by Gasteiger charge is 2.34. The average molecular weight is 238 g/mol. The smallest absolute Gasteiger partial charge is 0.0110 e. The van der Waals surface area contributed by atoms with Gasteiger partial charge in [-0.25, -0.2) is 0 Å². The Morgan fingerprint density at radius 3 is 2.65 bits per heavy atom. The second-order valence-electron chi connectivity index (χ2n) is 6.21. The van der Waals surface area contributed by atoms with E-state index in [1.165, 1.54) is 51.5 Å². The van der Waals surface area contributed by atoms with Gasteiger partial charge in [-0.2, -0.15) is 0 Å². The lowest BCUT2D eigenvalue weighted by Crippen LogP contribution is -2.46. The van der Waals surface area contributed by atoms with Gasteiger partial charge in [-0.3, -0.25) is 0 Å². The van der Waals surface area contributed by atoms with Crippen LogP contribution >= 0.6 is 0 Å². The van der Waals surface area contributed by atoms with E-state index in [0.717, 1.165) is 24.0 Å². The zero-order chi connectivity index (χ0) is 12.3. The summed E-state index contributed by atoms with van der Waals surface area (Å²) in [5.74, 6) is 1.00. The molecular weight excluding hydrogens is 208 g/mol. The molecule has 2 rings (SSSR count). The third kappa shape index (κ3) is 3.69. The first-order valence-electron chi connectivity index (χ1n) is 7.67. The number of hydrogen-bond acceptors (Lipinski definition) is 2. The highest BCUT2D eigenvalue weighted by Crippen LogP contribution is 2.36. The second-order valence-corrected chi connectivity index (χ2v) is 6.21. The Morgan fingerprint density at radius 1 is 1.24 bits per heavy atom. The van der Waals surface area contributed by atoms with Crippen molar-refractivity contribution in [3.63, 3.8) is 0 Å². The Hall–Kier alpha value is -0.0800. The monoisotopic (exact) mass is 238 g/mol. The van der Waals surface area contributed by atoms with Crippen LogP contribution in [-0.4, -0.2) is 36.6 Å². The van der Waals surface area contributed by atoms with Crippen molar-refractivity contribution in [2.45, 2.75) is 76.9 Å². The molecule has 2 nitrogen and oxygen atoms in total. The first-order chi connectivity index (χ1) is 8.22. The molecule has 100 valence electrons. The van der Waals surface area contributed by atoms with Gasteiger partial charge in [0.1, 0.15) is 0 Å². The van der Waals surface area contributed by atoms with Gasteiger partial charge < -0.3 is 10.2 Å². The zero-order valence-electron chi connectivity index (χ0n) is 11.9. The van der Waals surface area contributed by atoms with E-state index < -0.39 is 0 Å². The predicted octanol–water partition coefficient (Wildman–Crippen LogP) is 3.03. The Labute approximate surface area is 107 Å². The van der Waals surface area contributed by atoms with E-state index in [1.807, 2.05) is 0 Å². The molecule has 2 aliphatic rings. The highest BCUT2D eigenvalue weighted by atomic mass is 15.2. The van der Waals surface area contributed by atoms with Crippen molar-refractivity contribution in [2.24, 2.45) is 5.92 Å². The fourth-order valence-corrected chi connectivity index (χ4v) is 3.31. The summed E-state index contributed by atoms with van der Waals surface area (Å²) >= 11 is 0. The Balaban J connectivity index is 1.78. The van der Waals surface area contributed by atoms with Crippen molar-refractivity contribution in [3.8, 4) is 0 Å². The van der Waals surface area contributed by atoms with E-state index >= 15 is 0 Å². The zero-order valence-corrected chi connectivity index (χ0v) is 11.9. The summed E-state index contributed by atoms with van der Waals surface area (Å²) in [7, 11) is 2.36. The van der Waals surface area contributed by atoms with Crippen LogP contribution in [0.3, 0.4) is 0 Å². The first-order valence-corrected chi connectivity index (χ1v) is 7.67. The first kappa shape index (κ1) is 13.4. The summed E-state index contributed by atoms with van der Waals surface area (Å²) in [5, 5.41) is 3.71. The number of nitrogens with one attached hydrogen (secondary N) is 1. The van der Waals surface area contributed by atoms with Gasteiger partial charge in [-0.15, -0.1) is 0 Å². The lowest BCUT2D eigenvalue weighted by molar-refractivity contribution is 0.119. The Bertz CT molecular complexity index is 225. The van der Waals surface area contributed by atoms with Gasteiger partial charge in [-0.05, 0) is 65.0 Å². The minimum atomic E-state index is 0.780. The van der Waals surface area contributed by atoms with Gasteiger partial charge in [0.2, 0.25) is 0 Å². The normalized spacial score (nSPS) is 31.8. The largest absolute Gasteiger partial charge is 0.314 e. The van der Waals surface area contributed by atoms with Crippen LogP contribution < -0.4 is 5.32 Å². The lowest BCUT2D eigenvalue weighted by atomic mass is 9.89. The maximum absolute atomic E-state index is 3.71. The van der Waals surface area contributed by atoms with Crippen LogP contribution in [-0.2, 0) is 0 Å². The SMILES string of the molecule is CCCNC1CCCC(N(C)C(C)C2CC2)C1. The molecule has 0 aromatic rings. The van der Waals surface area contributed by atoms with Gasteiger partial charge in [0.05, 0.1) is 0 Å². The van der Waals surface area contributed by atoms with Crippen molar-refractivity contribution in [2.75, 3.05) is 13.6 Å². The number of nitrogens with zero attached hydrogens (tertiary/aromatic N) is 1. The quantitative estimate of drug-likeness (QED) is 0.765. The molecule has 2 saturated carbocycles. The molecule has 0 aromatic carbocycles. The molecule has 3 atom stereocenters. The molecule has 0 amide bonds. The van der Waals surface area contributed by atoms with Crippen LogP contribution in [0.1, 0.15) is 58.8 Å². The fraction of sp³-hybridized carbons (Fsp3) is 1.00. The van der Waals surface area contributed by atoms with Crippen LogP contribution in [0.2, 0.25) is 0 Å². The van der Waals surface area contributed by atoms with E-state index in [1.54, 1.807) is 0 Å². The molecular formula is C15H30N2. The van der Waals surface area contributed by atoms with Gasteiger partial charge in [-0.1, -0.05) is 13.3 Å². The molecule has 0 aromatic heterocycles. The van der Waals surface area contributed by atoms with Gasteiger partial charge in [0, 0.05) is 18.1 Å². The summed E-state index contributed by atoms with van der Waals surface area (Å²) in [6, 6.07) is 2.42. The lowest BCUT2D eigenvalue weighted by Gasteiger charge is -2.39. The van der Waals surface area contributed by atoms with Gasteiger partial charge in [0.25, 0.3) is 0 Å². The molecule has 2 heteroatoms. The summed E-state index contributed by atoms with van der Waals surface area (Å²) in [5.41, 5.74) is 0. The molecule has 0 spiro atoms. The fourth-order valence-electron chi connectivity index (χ4n) is 3.31. The molecule has 17 heavy (non-hydrogen) atoms. The summed E-state index contributed by atoms with van der Waals surface area (Å²) in [6.07, 6.45) is 9.78. The van der Waals surface area contributed by atoms with Gasteiger partial charge in [0.15, 0.2) is 0 Å². The summed E-state index contributed by atoms with van der Waals surface area (Å²) in [6.45, 7) is 5.88. The van der Waals surface area contributed by atoms with Crippen LogP contribution in [0.4, 0.5) is 0 Å². The van der Waals surface area contributed by atoms with Crippen molar-refractivity contribution < 1.29 is 0 Å². The van der Waals surface area contributed by atoms with E-state index in [9.17, 15) is 0 Å². The van der Waals surface area contributed by atoms with E-state index in [4.69, 9.17) is 0 Å². The number of hydrogen-bond donors (Lipinski definition) is 1.